The van der Waals surface area contributed by atoms with Crippen LogP contribution in [-0.2, 0) is 23.0 Å². The quantitative estimate of drug-likeness (QED) is 0.496. The molecule has 2 aromatic carbocycles. The largest absolute Gasteiger partial charge is 0.423 e. The Hall–Kier alpha value is -2.48. The second-order valence-electron chi connectivity index (χ2n) is 6.21. The zero-order valence-corrected chi connectivity index (χ0v) is 16.0. The van der Waals surface area contributed by atoms with Gasteiger partial charge in [-0.3, -0.25) is 0 Å². The van der Waals surface area contributed by atoms with Crippen molar-refractivity contribution < 1.29 is 17.9 Å². The summed E-state index contributed by atoms with van der Waals surface area (Å²) in [5.41, 5.74) is 2.44. The van der Waals surface area contributed by atoms with E-state index in [9.17, 15) is 13.2 Å². The summed E-state index contributed by atoms with van der Waals surface area (Å²) in [4.78, 5) is 12.3. The highest BCUT2D eigenvalue weighted by molar-refractivity contribution is 7.91. The normalized spacial score (nSPS) is 14.5. The van der Waals surface area contributed by atoms with E-state index in [1.54, 1.807) is 24.3 Å². The van der Waals surface area contributed by atoms with E-state index in [1.807, 2.05) is 30.3 Å². The highest BCUT2D eigenvalue weighted by atomic mass is 32.2. The van der Waals surface area contributed by atoms with Gasteiger partial charge in [0.15, 0.2) is 0 Å². The summed E-state index contributed by atoms with van der Waals surface area (Å²) in [5, 5.41) is 1.52. The van der Waals surface area contributed by atoms with E-state index in [-0.39, 0.29) is 9.77 Å². The molecule has 7 heteroatoms. The van der Waals surface area contributed by atoms with E-state index in [4.69, 9.17) is 4.74 Å². The molecule has 138 valence electrons. The first-order chi connectivity index (χ1) is 13.0. The molecule has 0 radical (unpaired) electrons. The molecular weight excluding hydrogens is 382 g/mol. The predicted octanol–water partition coefficient (Wildman–Crippen LogP) is 3.71. The molecule has 1 aromatic heterocycles. The van der Waals surface area contributed by atoms with E-state index >= 15 is 0 Å². The molecule has 0 spiro atoms. The van der Waals surface area contributed by atoms with Gasteiger partial charge in [-0.2, -0.15) is 4.31 Å². The van der Waals surface area contributed by atoms with Crippen molar-refractivity contribution in [3.05, 3.63) is 82.7 Å². The number of esters is 1. The smallest absolute Gasteiger partial charge is 0.344 e. The molecule has 2 heterocycles. The number of para-hydroxylation sites is 1. The van der Waals surface area contributed by atoms with Crippen LogP contribution in [0.5, 0.6) is 5.75 Å². The molecule has 0 bridgehead atoms. The molecule has 0 unspecified atom stereocenters. The lowest BCUT2D eigenvalue weighted by Gasteiger charge is -2.27. The fourth-order valence-corrected chi connectivity index (χ4v) is 5.74. The average molecular weight is 399 g/mol. The number of ether oxygens (including phenoxy) is 1. The molecule has 0 amide bonds. The summed E-state index contributed by atoms with van der Waals surface area (Å²) in [6.07, 6.45) is 0.684. The minimum atomic E-state index is -3.65. The molecule has 0 saturated carbocycles. The van der Waals surface area contributed by atoms with Crippen molar-refractivity contribution in [2.24, 2.45) is 0 Å². The monoisotopic (exact) mass is 399 g/mol. The fraction of sp³-hybridized carbons (Fsp3) is 0.150. The summed E-state index contributed by atoms with van der Waals surface area (Å²) in [6, 6.07) is 18.0. The highest BCUT2D eigenvalue weighted by Gasteiger charge is 2.30. The van der Waals surface area contributed by atoms with Crippen molar-refractivity contribution in [1.29, 1.82) is 0 Å². The SMILES string of the molecule is O=C(Oc1ccccc1)c1csc(S(=O)(=O)N2CCc3ccccc3C2)c1. The second kappa shape index (κ2) is 7.26. The van der Waals surface area contributed by atoms with Gasteiger partial charge in [0.1, 0.15) is 9.96 Å². The first-order valence-corrected chi connectivity index (χ1v) is 10.8. The number of thiophene rings is 1. The van der Waals surface area contributed by atoms with Crippen molar-refractivity contribution in [3.8, 4) is 5.75 Å². The standard InChI is InChI=1S/C20H17NO4S2/c22-20(25-18-8-2-1-3-9-18)17-12-19(26-14-17)27(23,24)21-11-10-15-6-4-5-7-16(15)13-21/h1-9,12,14H,10-11,13H2. The van der Waals surface area contributed by atoms with Crippen molar-refractivity contribution in [2.75, 3.05) is 6.54 Å². The lowest BCUT2D eigenvalue weighted by atomic mass is 10.0. The first-order valence-electron chi connectivity index (χ1n) is 8.47. The summed E-state index contributed by atoms with van der Waals surface area (Å²) in [7, 11) is -3.65. The van der Waals surface area contributed by atoms with Crippen molar-refractivity contribution in [1.82, 2.24) is 4.31 Å². The Bertz CT molecular complexity index is 1070. The topological polar surface area (TPSA) is 63.7 Å². The van der Waals surface area contributed by atoms with Gasteiger partial charge in [-0.05, 0) is 35.7 Å². The number of hydrogen-bond acceptors (Lipinski definition) is 5. The third-order valence-electron chi connectivity index (χ3n) is 4.45. The molecule has 0 fully saturated rings. The van der Waals surface area contributed by atoms with Crippen LogP contribution in [0.4, 0.5) is 0 Å². The van der Waals surface area contributed by atoms with E-state index < -0.39 is 16.0 Å². The number of nitrogens with zero attached hydrogens (tertiary/aromatic N) is 1. The third-order valence-corrected chi connectivity index (χ3v) is 7.71. The van der Waals surface area contributed by atoms with Gasteiger partial charge in [0.2, 0.25) is 0 Å². The maximum atomic E-state index is 13.0. The van der Waals surface area contributed by atoms with E-state index in [0.717, 1.165) is 16.9 Å². The predicted molar refractivity (Wildman–Crippen MR) is 103 cm³/mol. The molecule has 3 aromatic rings. The lowest BCUT2D eigenvalue weighted by Crippen LogP contribution is -2.35. The molecule has 1 aliphatic heterocycles. The zero-order chi connectivity index (χ0) is 18.9. The number of carbonyl (C=O) groups is 1. The average Bonchev–Trinajstić information content (AvgIpc) is 3.20. The molecule has 0 atom stereocenters. The Labute approximate surface area is 161 Å². The van der Waals surface area contributed by atoms with E-state index in [1.165, 1.54) is 21.3 Å². The van der Waals surface area contributed by atoms with Crippen molar-refractivity contribution in [2.45, 2.75) is 17.2 Å². The third kappa shape index (κ3) is 3.66. The summed E-state index contributed by atoms with van der Waals surface area (Å²) in [5.74, 6) is -0.145. The molecule has 0 saturated heterocycles. The summed E-state index contributed by atoms with van der Waals surface area (Å²) >= 11 is 1.04. The van der Waals surface area contributed by atoms with Gasteiger partial charge in [0.05, 0.1) is 5.56 Å². The van der Waals surface area contributed by atoms with Crippen LogP contribution in [0.2, 0.25) is 0 Å². The summed E-state index contributed by atoms with van der Waals surface area (Å²) < 4.78 is 32.8. The Morgan fingerprint density at radius 3 is 2.48 bits per heavy atom. The van der Waals surface area contributed by atoms with Crippen LogP contribution in [0.15, 0.2) is 70.3 Å². The fourth-order valence-electron chi connectivity index (χ4n) is 3.02. The Kier molecular flexibility index (Phi) is 4.82. The molecule has 27 heavy (non-hydrogen) atoms. The van der Waals surface area contributed by atoms with E-state index in [2.05, 4.69) is 0 Å². The highest BCUT2D eigenvalue weighted by Crippen LogP contribution is 2.29. The molecular formula is C20H17NO4S2. The number of benzene rings is 2. The maximum absolute atomic E-state index is 13.0. The van der Waals surface area contributed by atoms with Gasteiger partial charge >= 0.3 is 5.97 Å². The minimum Gasteiger partial charge on any atom is -0.423 e. The van der Waals surface area contributed by atoms with Crippen LogP contribution in [0.3, 0.4) is 0 Å². The van der Waals surface area contributed by atoms with Crippen LogP contribution >= 0.6 is 11.3 Å². The van der Waals surface area contributed by atoms with Crippen molar-refractivity contribution in [3.63, 3.8) is 0 Å². The summed E-state index contributed by atoms with van der Waals surface area (Å²) in [6.45, 7) is 0.779. The molecule has 0 N–H and O–H groups in total. The molecule has 0 aliphatic carbocycles. The maximum Gasteiger partial charge on any atom is 0.344 e. The number of rotatable bonds is 4. The second-order valence-corrected chi connectivity index (χ2v) is 9.29. The number of carbonyl (C=O) groups excluding carboxylic acids is 1. The number of hydrogen-bond donors (Lipinski definition) is 0. The number of sulfonamides is 1. The van der Waals surface area contributed by atoms with E-state index in [0.29, 0.717) is 25.3 Å². The van der Waals surface area contributed by atoms with Gasteiger partial charge in [0.25, 0.3) is 10.0 Å². The van der Waals surface area contributed by atoms with Crippen LogP contribution < -0.4 is 4.74 Å². The molecule has 5 nitrogen and oxygen atoms in total. The van der Waals surface area contributed by atoms with Crippen LogP contribution in [0.25, 0.3) is 0 Å². The van der Waals surface area contributed by atoms with Crippen LogP contribution in [0, 0.1) is 0 Å². The minimum absolute atomic E-state index is 0.155. The van der Waals surface area contributed by atoms with Crippen LogP contribution in [0.1, 0.15) is 21.5 Å². The Balaban J connectivity index is 1.53. The first kappa shape index (κ1) is 17.9. The van der Waals surface area contributed by atoms with Gasteiger partial charge in [-0.1, -0.05) is 42.5 Å². The molecule has 1 aliphatic rings. The van der Waals surface area contributed by atoms with Gasteiger partial charge < -0.3 is 4.74 Å². The van der Waals surface area contributed by atoms with Crippen molar-refractivity contribution >= 4 is 27.3 Å². The Morgan fingerprint density at radius 1 is 1.00 bits per heavy atom. The van der Waals surface area contributed by atoms with Crippen LogP contribution in [-0.4, -0.2) is 25.2 Å². The van der Waals surface area contributed by atoms with Gasteiger partial charge in [-0.15, -0.1) is 11.3 Å². The Morgan fingerprint density at radius 2 is 1.70 bits per heavy atom. The van der Waals surface area contributed by atoms with Gasteiger partial charge in [0, 0.05) is 18.5 Å². The van der Waals surface area contributed by atoms with Gasteiger partial charge in [-0.25, -0.2) is 13.2 Å². The molecule has 4 rings (SSSR count). The zero-order valence-electron chi connectivity index (χ0n) is 14.4. The lowest BCUT2D eigenvalue weighted by molar-refractivity contribution is 0.0735. The number of fused-ring (bicyclic) bond motifs is 1.